The summed E-state index contributed by atoms with van der Waals surface area (Å²) in [5.74, 6) is -0.154. The molecule has 0 aliphatic heterocycles. The summed E-state index contributed by atoms with van der Waals surface area (Å²) in [4.78, 5) is 24.4. The minimum absolute atomic E-state index is 0.0676. The van der Waals surface area contributed by atoms with Crippen molar-refractivity contribution in [1.82, 2.24) is 5.43 Å². The highest BCUT2D eigenvalue weighted by atomic mass is 35.5. The summed E-state index contributed by atoms with van der Waals surface area (Å²) in [7, 11) is 0. The van der Waals surface area contributed by atoms with Gasteiger partial charge in [0.25, 0.3) is 5.91 Å². The van der Waals surface area contributed by atoms with Gasteiger partial charge >= 0.3 is 0 Å². The van der Waals surface area contributed by atoms with Crippen LogP contribution in [0, 0.1) is 5.92 Å². The summed E-state index contributed by atoms with van der Waals surface area (Å²) in [6, 6.07) is 14.0. The lowest BCUT2D eigenvalue weighted by molar-refractivity contribution is -0.120. The van der Waals surface area contributed by atoms with Crippen molar-refractivity contribution in [3.05, 3.63) is 64.7 Å². The average Bonchev–Trinajstić information content (AvgIpc) is 2.69. The van der Waals surface area contributed by atoms with E-state index in [4.69, 9.17) is 11.6 Å². The summed E-state index contributed by atoms with van der Waals surface area (Å²) < 4.78 is 0. The van der Waals surface area contributed by atoms with Gasteiger partial charge in [-0.05, 0) is 54.8 Å². The number of rotatable bonds is 5. The molecular weight excluding hydrogens is 362 g/mol. The van der Waals surface area contributed by atoms with Gasteiger partial charge in [0.2, 0.25) is 5.91 Å². The highest BCUT2D eigenvalue weighted by Gasteiger charge is 2.21. The van der Waals surface area contributed by atoms with Crippen molar-refractivity contribution in [3.63, 3.8) is 0 Å². The number of hydrogen-bond donors (Lipinski definition) is 2. The average molecular weight is 384 g/mol. The summed E-state index contributed by atoms with van der Waals surface area (Å²) in [6.45, 7) is 0. The van der Waals surface area contributed by atoms with Gasteiger partial charge in [0, 0.05) is 22.2 Å². The lowest BCUT2D eigenvalue weighted by Crippen LogP contribution is -2.24. The molecule has 1 aliphatic rings. The van der Waals surface area contributed by atoms with Crippen LogP contribution in [0.15, 0.2) is 53.6 Å². The Kier molecular flexibility index (Phi) is 6.60. The van der Waals surface area contributed by atoms with Gasteiger partial charge in [-0.3, -0.25) is 9.59 Å². The van der Waals surface area contributed by atoms with Crippen LogP contribution in [0.3, 0.4) is 0 Å². The highest BCUT2D eigenvalue weighted by Crippen LogP contribution is 2.25. The summed E-state index contributed by atoms with van der Waals surface area (Å²) >= 11 is 5.90. The van der Waals surface area contributed by atoms with E-state index in [1.165, 1.54) is 12.6 Å². The van der Waals surface area contributed by atoms with E-state index in [0.29, 0.717) is 16.3 Å². The summed E-state index contributed by atoms with van der Waals surface area (Å²) in [6.07, 6.45) is 6.89. The maximum atomic E-state index is 12.3. The Balaban J connectivity index is 1.53. The van der Waals surface area contributed by atoms with Crippen LogP contribution in [0.1, 0.15) is 48.0 Å². The second-order valence-corrected chi connectivity index (χ2v) is 7.09. The van der Waals surface area contributed by atoms with Crippen molar-refractivity contribution in [2.75, 3.05) is 5.32 Å². The van der Waals surface area contributed by atoms with Gasteiger partial charge in [0.05, 0.1) is 6.21 Å². The van der Waals surface area contributed by atoms with Gasteiger partial charge in [-0.25, -0.2) is 5.43 Å². The smallest absolute Gasteiger partial charge is 0.271 e. The van der Waals surface area contributed by atoms with E-state index in [0.717, 1.165) is 31.2 Å². The largest absolute Gasteiger partial charge is 0.326 e. The molecule has 0 radical (unpaired) electrons. The maximum Gasteiger partial charge on any atom is 0.271 e. The number of hydrogen-bond acceptors (Lipinski definition) is 3. The van der Waals surface area contributed by atoms with E-state index in [1.807, 2.05) is 12.1 Å². The lowest BCUT2D eigenvalue weighted by atomic mass is 9.88. The second kappa shape index (κ2) is 9.33. The van der Waals surface area contributed by atoms with Gasteiger partial charge in [-0.15, -0.1) is 0 Å². The Morgan fingerprint density at radius 1 is 1.04 bits per heavy atom. The zero-order valence-electron chi connectivity index (χ0n) is 15.0. The first-order valence-corrected chi connectivity index (χ1v) is 9.49. The van der Waals surface area contributed by atoms with Gasteiger partial charge in [-0.2, -0.15) is 5.10 Å². The topological polar surface area (TPSA) is 70.6 Å². The molecule has 1 saturated carbocycles. The molecular formula is C21H22ClN3O2. The number of amides is 2. The standard InChI is InChI=1S/C21H22ClN3O2/c22-18-8-4-5-15(13-18)14-23-25-21(27)17-9-11-19(12-10-17)24-20(26)16-6-2-1-3-7-16/h4-5,8-14,16H,1-3,6-7H2,(H,24,26)(H,25,27). The third-order valence-electron chi connectivity index (χ3n) is 4.62. The second-order valence-electron chi connectivity index (χ2n) is 6.66. The monoisotopic (exact) mass is 383 g/mol. The minimum atomic E-state index is -0.321. The molecule has 0 saturated heterocycles. The van der Waals surface area contributed by atoms with E-state index in [1.54, 1.807) is 36.4 Å². The normalized spacial score (nSPS) is 14.9. The molecule has 0 unspecified atom stereocenters. The fourth-order valence-electron chi connectivity index (χ4n) is 3.13. The first-order chi connectivity index (χ1) is 13.1. The number of carbonyl (C=O) groups is 2. The third kappa shape index (κ3) is 5.66. The van der Waals surface area contributed by atoms with E-state index in [2.05, 4.69) is 15.8 Å². The molecule has 6 heteroatoms. The summed E-state index contributed by atoms with van der Waals surface area (Å²) in [5, 5.41) is 7.48. The van der Waals surface area contributed by atoms with E-state index < -0.39 is 0 Å². The molecule has 2 N–H and O–H groups in total. The molecule has 0 aromatic heterocycles. The molecule has 27 heavy (non-hydrogen) atoms. The van der Waals surface area contributed by atoms with Crippen LogP contribution >= 0.6 is 11.6 Å². The van der Waals surface area contributed by atoms with Crippen molar-refractivity contribution in [3.8, 4) is 0 Å². The number of hydrazone groups is 1. The van der Waals surface area contributed by atoms with E-state index in [9.17, 15) is 9.59 Å². The van der Waals surface area contributed by atoms with E-state index in [-0.39, 0.29) is 17.7 Å². The van der Waals surface area contributed by atoms with Crippen molar-refractivity contribution < 1.29 is 9.59 Å². The van der Waals surface area contributed by atoms with Crippen molar-refractivity contribution in [2.24, 2.45) is 11.0 Å². The molecule has 0 bridgehead atoms. The van der Waals surface area contributed by atoms with Crippen LogP contribution in [-0.4, -0.2) is 18.0 Å². The van der Waals surface area contributed by atoms with Crippen LogP contribution < -0.4 is 10.7 Å². The quantitative estimate of drug-likeness (QED) is 0.584. The highest BCUT2D eigenvalue weighted by molar-refractivity contribution is 6.30. The predicted molar refractivity (Wildman–Crippen MR) is 108 cm³/mol. The number of nitrogens with one attached hydrogen (secondary N) is 2. The van der Waals surface area contributed by atoms with Crippen LogP contribution in [0.2, 0.25) is 5.02 Å². The fourth-order valence-corrected chi connectivity index (χ4v) is 3.33. The van der Waals surface area contributed by atoms with Crippen molar-refractivity contribution >= 4 is 35.3 Å². The van der Waals surface area contributed by atoms with Crippen LogP contribution in [-0.2, 0) is 4.79 Å². The molecule has 2 aromatic carbocycles. The van der Waals surface area contributed by atoms with Crippen molar-refractivity contribution in [1.29, 1.82) is 0 Å². The number of nitrogens with zero attached hydrogens (tertiary/aromatic N) is 1. The molecule has 3 rings (SSSR count). The summed E-state index contributed by atoms with van der Waals surface area (Å²) in [5.41, 5.74) is 4.44. The molecule has 0 atom stereocenters. The fraction of sp³-hybridized carbons (Fsp3) is 0.286. The maximum absolute atomic E-state index is 12.3. The number of benzene rings is 2. The number of anilines is 1. The van der Waals surface area contributed by atoms with Gasteiger partial charge in [0.1, 0.15) is 0 Å². The Morgan fingerprint density at radius 3 is 2.48 bits per heavy atom. The Morgan fingerprint density at radius 2 is 1.78 bits per heavy atom. The van der Waals surface area contributed by atoms with Crippen LogP contribution in [0.4, 0.5) is 5.69 Å². The molecule has 1 aliphatic carbocycles. The van der Waals surface area contributed by atoms with Gasteiger partial charge < -0.3 is 5.32 Å². The molecule has 2 amide bonds. The number of carbonyl (C=O) groups excluding carboxylic acids is 2. The first kappa shape index (κ1) is 19.1. The molecule has 0 spiro atoms. The number of halogens is 1. The molecule has 1 fully saturated rings. The predicted octanol–water partition coefficient (Wildman–Crippen LogP) is 4.62. The first-order valence-electron chi connectivity index (χ1n) is 9.12. The Hall–Kier alpha value is -2.66. The van der Waals surface area contributed by atoms with Crippen LogP contribution in [0.5, 0.6) is 0 Å². The SMILES string of the molecule is O=C(NN=Cc1cccc(Cl)c1)c1ccc(NC(=O)C2CCCCC2)cc1. The van der Waals surface area contributed by atoms with Crippen molar-refractivity contribution in [2.45, 2.75) is 32.1 Å². The zero-order chi connectivity index (χ0) is 19.1. The molecule has 5 nitrogen and oxygen atoms in total. The zero-order valence-corrected chi connectivity index (χ0v) is 15.7. The lowest BCUT2D eigenvalue weighted by Gasteiger charge is -2.20. The van der Waals surface area contributed by atoms with E-state index >= 15 is 0 Å². The van der Waals surface area contributed by atoms with Gasteiger partial charge in [0.15, 0.2) is 0 Å². The third-order valence-corrected chi connectivity index (χ3v) is 4.85. The Bertz CT molecular complexity index is 828. The molecule has 2 aromatic rings. The Labute approximate surface area is 163 Å². The molecule has 0 heterocycles. The van der Waals surface area contributed by atoms with Gasteiger partial charge in [-0.1, -0.05) is 43.0 Å². The molecule has 140 valence electrons. The minimum Gasteiger partial charge on any atom is -0.326 e. The van der Waals surface area contributed by atoms with Crippen LogP contribution in [0.25, 0.3) is 0 Å².